The highest BCUT2D eigenvalue weighted by Crippen LogP contribution is 2.36. The molecule has 138 valence electrons. The molecule has 0 saturated carbocycles. The summed E-state index contributed by atoms with van der Waals surface area (Å²) in [5.74, 6) is 0.996. The molecule has 0 unspecified atom stereocenters. The quantitative estimate of drug-likeness (QED) is 0.591. The highest BCUT2D eigenvalue weighted by Gasteiger charge is 2.34. The fourth-order valence-electron chi connectivity index (χ4n) is 3.38. The Morgan fingerprint density at radius 1 is 1.08 bits per heavy atom. The van der Waals surface area contributed by atoms with Crippen molar-refractivity contribution in [3.05, 3.63) is 64.2 Å². The van der Waals surface area contributed by atoms with Crippen molar-refractivity contribution in [3.8, 4) is 5.75 Å². The van der Waals surface area contributed by atoms with Crippen molar-refractivity contribution in [1.82, 2.24) is 4.31 Å². The molecule has 0 amide bonds. The summed E-state index contributed by atoms with van der Waals surface area (Å²) in [6.45, 7) is 0.633. The van der Waals surface area contributed by atoms with Crippen LogP contribution in [0.2, 0.25) is 0 Å². The SMILES string of the molecule is COc1ccccc1C1CCN(S(=O)(=O)c2ccccc2[N+](=O)[O-])CC1. The Morgan fingerprint density at radius 2 is 1.69 bits per heavy atom. The Kier molecular flexibility index (Phi) is 5.24. The molecule has 1 heterocycles. The number of hydrogen-bond donors (Lipinski definition) is 0. The lowest BCUT2D eigenvalue weighted by atomic mass is 9.89. The van der Waals surface area contributed by atoms with Crippen LogP contribution in [0.5, 0.6) is 5.75 Å². The highest BCUT2D eigenvalue weighted by atomic mass is 32.2. The maximum atomic E-state index is 12.9. The fourth-order valence-corrected chi connectivity index (χ4v) is 5.00. The van der Waals surface area contributed by atoms with Gasteiger partial charge in [-0.05, 0) is 36.5 Å². The maximum Gasteiger partial charge on any atom is 0.289 e. The third-order valence-corrected chi connectivity index (χ3v) is 6.66. The van der Waals surface area contributed by atoms with E-state index in [1.807, 2.05) is 24.3 Å². The van der Waals surface area contributed by atoms with Crippen molar-refractivity contribution < 1.29 is 18.1 Å². The molecule has 8 heteroatoms. The van der Waals surface area contributed by atoms with Crippen LogP contribution in [-0.4, -0.2) is 37.8 Å². The van der Waals surface area contributed by atoms with Gasteiger partial charge in [-0.25, -0.2) is 8.42 Å². The Labute approximate surface area is 152 Å². The summed E-state index contributed by atoms with van der Waals surface area (Å²) in [5.41, 5.74) is 0.678. The predicted molar refractivity (Wildman–Crippen MR) is 96.8 cm³/mol. The van der Waals surface area contributed by atoms with E-state index in [2.05, 4.69) is 0 Å². The van der Waals surface area contributed by atoms with Gasteiger partial charge in [0.1, 0.15) is 5.75 Å². The number of nitro benzene ring substituents is 1. The summed E-state index contributed by atoms with van der Waals surface area (Å²) in [4.78, 5) is 10.3. The van der Waals surface area contributed by atoms with Gasteiger partial charge >= 0.3 is 0 Å². The van der Waals surface area contributed by atoms with Crippen LogP contribution < -0.4 is 4.74 Å². The van der Waals surface area contributed by atoms with Gasteiger partial charge in [0.15, 0.2) is 4.90 Å². The molecule has 0 aromatic heterocycles. The Morgan fingerprint density at radius 3 is 2.35 bits per heavy atom. The van der Waals surface area contributed by atoms with Gasteiger partial charge in [-0.15, -0.1) is 0 Å². The molecule has 7 nitrogen and oxygen atoms in total. The lowest BCUT2D eigenvalue weighted by molar-refractivity contribution is -0.387. The van der Waals surface area contributed by atoms with E-state index in [0.717, 1.165) is 11.3 Å². The van der Waals surface area contributed by atoms with Gasteiger partial charge in [-0.1, -0.05) is 30.3 Å². The van der Waals surface area contributed by atoms with Gasteiger partial charge in [-0.3, -0.25) is 10.1 Å². The van der Waals surface area contributed by atoms with Gasteiger partial charge in [-0.2, -0.15) is 4.31 Å². The second-order valence-electron chi connectivity index (χ2n) is 6.15. The molecule has 2 aromatic rings. The molecule has 0 atom stereocenters. The van der Waals surface area contributed by atoms with Gasteiger partial charge in [0.25, 0.3) is 5.69 Å². The van der Waals surface area contributed by atoms with E-state index in [1.54, 1.807) is 7.11 Å². The zero-order chi connectivity index (χ0) is 18.7. The first kappa shape index (κ1) is 18.3. The van der Waals surface area contributed by atoms with Crippen molar-refractivity contribution in [3.63, 3.8) is 0 Å². The predicted octanol–water partition coefficient (Wildman–Crippen LogP) is 3.17. The first-order valence-electron chi connectivity index (χ1n) is 8.31. The largest absolute Gasteiger partial charge is 0.496 e. The molecule has 1 fully saturated rings. The first-order chi connectivity index (χ1) is 12.4. The normalized spacial score (nSPS) is 16.3. The van der Waals surface area contributed by atoms with Crippen LogP contribution in [0.3, 0.4) is 0 Å². The summed E-state index contributed by atoms with van der Waals surface area (Å²) >= 11 is 0. The van der Waals surface area contributed by atoms with Crippen molar-refractivity contribution >= 4 is 15.7 Å². The average Bonchev–Trinajstić information content (AvgIpc) is 2.68. The van der Waals surface area contributed by atoms with Crippen molar-refractivity contribution in [1.29, 1.82) is 0 Å². The molecular formula is C18H20N2O5S. The topological polar surface area (TPSA) is 89.8 Å². The molecule has 0 bridgehead atoms. The van der Waals surface area contributed by atoms with E-state index in [1.165, 1.54) is 28.6 Å². The number of sulfonamides is 1. The molecule has 1 saturated heterocycles. The van der Waals surface area contributed by atoms with Crippen molar-refractivity contribution in [2.24, 2.45) is 0 Å². The number of benzene rings is 2. The fraction of sp³-hybridized carbons (Fsp3) is 0.333. The Bertz CT molecular complexity index is 905. The molecule has 0 N–H and O–H groups in total. The summed E-state index contributed by atoms with van der Waals surface area (Å²) in [6, 6.07) is 13.2. The highest BCUT2D eigenvalue weighted by molar-refractivity contribution is 7.89. The van der Waals surface area contributed by atoms with Crippen LogP contribution in [0, 0.1) is 10.1 Å². The number of ether oxygens (including phenoxy) is 1. The third-order valence-electron chi connectivity index (χ3n) is 4.71. The molecule has 2 aromatic carbocycles. The molecule has 0 spiro atoms. The van der Waals surface area contributed by atoms with E-state index in [-0.39, 0.29) is 16.5 Å². The summed E-state index contributed by atoms with van der Waals surface area (Å²) in [5, 5.41) is 11.2. The lowest BCUT2D eigenvalue weighted by Crippen LogP contribution is -2.38. The number of hydrogen-bond acceptors (Lipinski definition) is 5. The van der Waals surface area contributed by atoms with Crippen LogP contribution in [0.25, 0.3) is 0 Å². The van der Waals surface area contributed by atoms with Crippen molar-refractivity contribution in [2.45, 2.75) is 23.7 Å². The first-order valence-corrected chi connectivity index (χ1v) is 9.75. The monoisotopic (exact) mass is 376 g/mol. The second-order valence-corrected chi connectivity index (χ2v) is 8.05. The van der Waals surface area contributed by atoms with Crippen molar-refractivity contribution in [2.75, 3.05) is 20.2 Å². The number of nitrogens with zero attached hydrogens (tertiary/aromatic N) is 2. The molecule has 3 rings (SSSR count). The van der Waals surface area contributed by atoms with Gasteiger partial charge in [0.05, 0.1) is 12.0 Å². The number of rotatable bonds is 5. The smallest absolute Gasteiger partial charge is 0.289 e. The van der Waals surface area contributed by atoms with Crippen LogP contribution in [0.15, 0.2) is 53.4 Å². The van der Waals surface area contributed by atoms with E-state index in [0.29, 0.717) is 25.9 Å². The standard InChI is InChI=1S/C18H20N2O5S/c1-25-17-8-4-2-6-15(17)14-10-12-19(13-11-14)26(23,24)18-9-5-3-7-16(18)20(21)22/h2-9,14H,10-13H2,1H3. The van der Waals surface area contributed by atoms with E-state index >= 15 is 0 Å². The summed E-state index contributed by atoms with van der Waals surface area (Å²) in [7, 11) is -2.28. The van der Waals surface area contributed by atoms with Crippen LogP contribution in [0.1, 0.15) is 24.3 Å². The zero-order valence-electron chi connectivity index (χ0n) is 14.4. The minimum absolute atomic E-state index is 0.198. The van der Waals surface area contributed by atoms with Crippen LogP contribution in [-0.2, 0) is 10.0 Å². The van der Waals surface area contributed by atoms with Gasteiger partial charge < -0.3 is 4.74 Å². The number of piperidine rings is 1. The summed E-state index contributed by atoms with van der Waals surface area (Å²) < 4.78 is 32.5. The lowest BCUT2D eigenvalue weighted by Gasteiger charge is -2.31. The number of para-hydroxylation sites is 2. The Balaban J connectivity index is 1.81. The molecular weight excluding hydrogens is 356 g/mol. The van der Waals surface area contributed by atoms with Gasteiger partial charge in [0.2, 0.25) is 10.0 Å². The average molecular weight is 376 g/mol. The van der Waals surface area contributed by atoms with E-state index < -0.39 is 14.9 Å². The molecule has 0 aliphatic carbocycles. The number of nitro groups is 1. The van der Waals surface area contributed by atoms with Gasteiger partial charge in [0, 0.05) is 19.2 Å². The molecule has 0 radical (unpaired) electrons. The third kappa shape index (κ3) is 3.42. The minimum atomic E-state index is -3.90. The van der Waals surface area contributed by atoms with E-state index in [9.17, 15) is 18.5 Å². The van der Waals surface area contributed by atoms with Crippen LogP contribution >= 0.6 is 0 Å². The molecule has 26 heavy (non-hydrogen) atoms. The molecule has 1 aliphatic heterocycles. The van der Waals surface area contributed by atoms with E-state index in [4.69, 9.17) is 4.74 Å². The Hall–Kier alpha value is -2.45. The maximum absolute atomic E-state index is 12.9. The zero-order valence-corrected chi connectivity index (χ0v) is 15.2. The second kappa shape index (κ2) is 7.43. The summed E-state index contributed by atoms with van der Waals surface area (Å²) in [6.07, 6.45) is 1.28. The molecule has 1 aliphatic rings. The minimum Gasteiger partial charge on any atom is -0.496 e. The van der Waals surface area contributed by atoms with Crippen LogP contribution in [0.4, 0.5) is 5.69 Å². The number of methoxy groups -OCH3 is 1.